The van der Waals surface area contributed by atoms with Crippen molar-refractivity contribution in [3.63, 3.8) is 0 Å². The molecular formula is C20H25NO3S2. The van der Waals surface area contributed by atoms with Gasteiger partial charge >= 0.3 is 0 Å². The van der Waals surface area contributed by atoms with Crippen LogP contribution in [0.3, 0.4) is 0 Å². The molecule has 1 amide bonds. The third kappa shape index (κ3) is 5.88. The Hall–Kier alpha value is -1.79. The van der Waals surface area contributed by atoms with Gasteiger partial charge in [0, 0.05) is 12.0 Å². The van der Waals surface area contributed by atoms with Crippen LogP contribution in [0.2, 0.25) is 0 Å². The van der Waals surface area contributed by atoms with E-state index < -0.39 is 9.84 Å². The smallest absolute Gasteiger partial charge is 0.230 e. The Labute approximate surface area is 160 Å². The monoisotopic (exact) mass is 391 g/mol. The SMILES string of the molecule is CC[C@@H](NC(=O)CSCc1ccccc1C)c1ccc(S(C)(=O)=O)cc1. The van der Waals surface area contributed by atoms with Crippen LogP contribution in [-0.4, -0.2) is 26.3 Å². The third-order valence-electron chi connectivity index (χ3n) is 4.21. The molecule has 140 valence electrons. The van der Waals surface area contributed by atoms with Crippen LogP contribution in [0.25, 0.3) is 0 Å². The van der Waals surface area contributed by atoms with Crippen molar-refractivity contribution >= 4 is 27.5 Å². The van der Waals surface area contributed by atoms with Crippen LogP contribution in [-0.2, 0) is 20.4 Å². The second kappa shape index (κ2) is 9.24. The van der Waals surface area contributed by atoms with Crippen LogP contribution >= 0.6 is 11.8 Å². The molecule has 0 heterocycles. The molecular weight excluding hydrogens is 366 g/mol. The van der Waals surface area contributed by atoms with Crippen LogP contribution in [0.15, 0.2) is 53.4 Å². The lowest BCUT2D eigenvalue weighted by Crippen LogP contribution is -2.29. The lowest BCUT2D eigenvalue weighted by molar-refractivity contribution is -0.119. The summed E-state index contributed by atoms with van der Waals surface area (Å²) >= 11 is 1.59. The quantitative estimate of drug-likeness (QED) is 0.741. The third-order valence-corrected chi connectivity index (χ3v) is 6.32. The van der Waals surface area contributed by atoms with Gasteiger partial charge in [-0.25, -0.2) is 8.42 Å². The number of hydrogen-bond acceptors (Lipinski definition) is 4. The number of carbonyl (C=O) groups is 1. The van der Waals surface area contributed by atoms with Crippen LogP contribution < -0.4 is 5.32 Å². The maximum absolute atomic E-state index is 12.3. The van der Waals surface area contributed by atoms with Gasteiger partial charge in [-0.2, -0.15) is 0 Å². The highest BCUT2D eigenvalue weighted by atomic mass is 32.2. The van der Waals surface area contributed by atoms with Gasteiger partial charge in [-0.1, -0.05) is 43.3 Å². The van der Waals surface area contributed by atoms with Gasteiger partial charge in [-0.15, -0.1) is 11.8 Å². The highest BCUT2D eigenvalue weighted by Gasteiger charge is 2.14. The highest BCUT2D eigenvalue weighted by Crippen LogP contribution is 2.20. The Morgan fingerprint density at radius 3 is 2.35 bits per heavy atom. The number of carbonyl (C=O) groups excluding carboxylic acids is 1. The number of thioether (sulfide) groups is 1. The molecule has 2 aromatic rings. The average Bonchev–Trinajstić information content (AvgIpc) is 2.61. The topological polar surface area (TPSA) is 63.2 Å². The van der Waals surface area contributed by atoms with Gasteiger partial charge in [0.05, 0.1) is 16.7 Å². The van der Waals surface area contributed by atoms with E-state index in [1.165, 1.54) is 17.4 Å². The normalized spacial score (nSPS) is 12.6. The van der Waals surface area contributed by atoms with Gasteiger partial charge in [0.1, 0.15) is 0 Å². The molecule has 0 fully saturated rings. The number of sulfone groups is 1. The average molecular weight is 392 g/mol. The zero-order valence-electron chi connectivity index (χ0n) is 15.4. The Kier molecular flexibility index (Phi) is 7.29. The summed E-state index contributed by atoms with van der Waals surface area (Å²) in [5, 5.41) is 3.03. The van der Waals surface area contributed by atoms with Crippen molar-refractivity contribution in [3.8, 4) is 0 Å². The summed E-state index contributed by atoms with van der Waals surface area (Å²) in [5.74, 6) is 1.19. The van der Waals surface area contributed by atoms with E-state index in [2.05, 4.69) is 24.4 Å². The first-order chi connectivity index (χ1) is 12.3. The molecule has 0 bridgehead atoms. The number of amides is 1. The van der Waals surface area contributed by atoms with E-state index in [0.29, 0.717) is 5.75 Å². The summed E-state index contributed by atoms with van der Waals surface area (Å²) < 4.78 is 23.1. The number of nitrogens with one attached hydrogen (secondary N) is 1. The van der Waals surface area contributed by atoms with Crippen LogP contribution in [0, 0.1) is 6.92 Å². The standard InChI is InChI=1S/C20H25NO3S2/c1-4-19(16-9-11-18(12-10-16)26(3,23)24)21-20(22)14-25-13-17-8-6-5-7-15(17)2/h5-12,19H,4,13-14H2,1-3H3,(H,21,22)/t19-/m1/s1. The first kappa shape index (κ1) is 20.5. The van der Waals surface area contributed by atoms with Gasteiger partial charge in [-0.3, -0.25) is 4.79 Å². The number of aryl methyl sites for hydroxylation is 1. The van der Waals surface area contributed by atoms with E-state index in [-0.39, 0.29) is 16.8 Å². The summed E-state index contributed by atoms with van der Waals surface area (Å²) in [6.07, 6.45) is 1.93. The molecule has 0 saturated carbocycles. The maximum Gasteiger partial charge on any atom is 0.230 e. The lowest BCUT2D eigenvalue weighted by Gasteiger charge is -2.18. The van der Waals surface area contributed by atoms with Crippen molar-refractivity contribution < 1.29 is 13.2 Å². The predicted octanol–water partition coefficient (Wildman–Crippen LogP) is 3.90. The molecule has 6 heteroatoms. The molecule has 0 aliphatic heterocycles. The maximum atomic E-state index is 12.3. The van der Waals surface area contributed by atoms with Crippen molar-refractivity contribution in [1.82, 2.24) is 5.32 Å². The Morgan fingerprint density at radius 1 is 1.12 bits per heavy atom. The summed E-state index contributed by atoms with van der Waals surface area (Å²) in [4.78, 5) is 12.5. The Bertz CT molecular complexity index is 846. The minimum absolute atomic E-state index is 0.0115. The van der Waals surface area contributed by atoms with E-state index >= 15 is 0 Å². The van der Waals surface area contributed by atoms with Crippen LogP contribution in [0.1, 0.15) is 36.1 Å². The first-order valence-corrected chi connectivity index (χ1v) is 11.6. The van der Waals surface area contributed by atoms with Crippen LogP contribution in [0.5, 0.6) is 0 Å². The molecule has 1 N–H and O–H groups in total. The lowest BCUT2D eigenvalue weighted by atomic mass is 10.0. The summed E-state index contributed by atoms with van der Waals surface area (Å²) in [7, 11) is -3.21. The number of hydrogen-bond donors (Lipinski definition) is 1. The van der Waals surface area contributed by atoms with E-state index in [0.717, 1.165) is 17.7 Å². The van der Waals surface area contributed by atoms with Crippen LogP contribution in [0.4, 0.5) is 0 Å². The Morgan fingerprint density at radius 2 is 1.77 bits per heavy atom. The van der Waals surface area contributed by atoms with Crippen molar-refractivity contribution in [2.45, 2.75) is 37.0 Å². The molecule has 0 radical (unpaired) electrons. The first-order valence-electron chi connectivity index (χ1n) is 8.53. The minimum Gasteiger partial charge on any atom is -0.349 e. The van der Waals surface area contributed by atoms with Gasteiger partial charge in [0.25, 0.3) is 0 Å². The zero-order valence-corrected chi connectivity index (χ0v) is 17.0. The molecule has 26 heavy (non-hydrogen) atoms. The number of rotatable bonds is 8. The van der Waals surface area contributed by atoms with E-state index in [4.69, 9.17) is 0 Å². The summed E-state index contributed by atoms with van der Waals surface area (Å²) in [6.45, 7) is 4.07. The van der Waals surface area contributed by atoms with Gasteiger partial charge in [0.2, 0.25) is 5.91 Å². The van der Waals surface area contributed by atoms with Gasteiger partial charge in [0.15, 0.2) is 9.84 Å². The fourth-order valence-electron chi connectivity index (χ4n) is 2.63. The van der Waals surface area contributed by atoms with Crippen molar-refractivity contribution in [2.24, 2.45) is 0 Å². The second-order valence-corrected chi connectivity index (χ2v) is 9.29. The minimum atomic E-state index is -3.21. The molecule has 2 rings (SSSR count). The van der Waals surface area contributed by atoms with E-state index in [9.17, 15) is 13.2 Å². The van der Waals surface area contributed by atoms with E-state index in [1.807, 2.05) is 19.1 Å². The van der Waals surface area contributed by atoms with Gasteiger partial charge in [-0.05, 0) is 42.2 Å². The van der Waals surface area contributed by atoms with Crippen molar-refractivity contribution in [3.05, 3.63) is 65.2 Å². The highest BCUT2D eigenvalue weighted by molar-refractivity contribution is 7.99. The summed E-state index contributed by atoms with van der Waals surface area (Å²) in [6, 6.07) is 14.8. The zero-order chi connectivity index (χ0) is 19.2. The Balaban J connectivity index is 1.90. The molecule has 0 unspecified atom stereocenters. The fourth-order valence-corrected chi connectivity index (χ4v) is 4.18. The molecule has 0 aliphatic rings. The molecule has 0 spiro atoms. The molecule has 4 nitrogen and oxygen atoms in total. The second-order valence-electron chi connectivity index (χ2n) is 6.29. The number of benzene rings is 2. The van der Waals surface area contributed by atoms with Crippen molar-refractivity contribution in [2.75, 3.05) is 12.0 Å². The molecule has 1 atom stereocenters. The largest absolute Gasteiger partial charge is 0.349 e. The molecule has 2 aromatic carbocycles. The fraction of sp³-hybridized carbons (Fsp3) is 0.350. The van der Waals surface area contributed by atoms with E-state index in [1.54, 1.807) is 36.0 Å². The predicted molar refractivity (Wildman–Crippen MR) is 108 cm³/mol. The summed E-state index contributed by atoms with van der Waals surface area (Å²) in [5.41, 5.74) is 3.39. The molecule has 0 aromatic heterocycles. The van der Waals surface area contributed by atoms with Crippen molar-refractivity contribution in [1.29, 1.82) is 0 Å². The molecule has 0 saturated heterocycles. The van der Waals surface area contributed by atoms with Gasteiger partial charge < -0.3 is 5.32 Å². The molecule has 0 aliphatic carbocycles.